The zero-order chi connectivity index (χ0) is 9.53. The van der Waals surface area contributed by atoms with Gasteiger partial charge in [0.1, 0.15) is 5.41 Å². The van der Waals surface area contributed by atoms with Crippen molar-refractivity contribution in [1.82, 2.24) is 5.32 Å². The minimum Gasteiger partial charge on any atom is -0.350 e. The molecule has 0 heterocycles. The first-order valence-corrected chi connectivity index (χ1v) is 4.84. The fourth-order valence-corrected chi connectivity index (χ4v) is 1.74. The first kappa shape index (κ1) is 8.55. The maximum atomic E-state index is 11.6. The molecule has 2 fully saturated rings. The topological polar surface area (TPSA) is 52.9 Å². The van der Waals surface area contributed by atoms with Crippen LogP contribution >= 0.6 is 0 Å². The lowest BCUT2D eigenvalue weighted by Crippen LogP contribution is -2.53. The normalized spacial score (nSPS) is 26.8. The summed E-state index contributed by atoms with van der Waals surface area (Å²) in [6, 6.07) is 2.11. The number of hydrogen-bond acceptors (Lipinski definition) is 2. The number of amides is 1. The molecule has 3 heteroatoms. The summed E-state index contributed by atoms with van der Waals surface area (Å²) in [6.07, 6.45) is 4.79. The zero-order valence-electron chi connectivity index (χ0n) is 7.89. The summed E-state index contributed by atoms with van der Waals surface area (Å²) in [5, 5.41) is 11.8. The van der Waals surface area contributed by atoms with Crippen molar-refractivity contribution in [2.24, 2.45) is 5.41 Å². The Labute approximate surface area is 78.1 Å². The highest BCUT2D eigenvalue weighted by atomic mass is 16.2. The lowest BCUT2D eigenvalue weighted by molar-refractivity contribution is -0.127. The molecule has 0 bridgehead atoms. The fourth-order valence-electron chi connectivity index (χ4n) is 1.74. The maximum absolute atomic E-state index is 11.6. The molecule has 0 aromatic heterocycles. The van der Waals surface area contributed by atoms with Crippen molar-refractivity contribution >= 4 is 5.91 Å². The van der Waals surface area contributed by atoms with E-state index < -0.39 is 5.41 Å². The van der Waals surface area contributed by atoms with Gasteiger partial charge in [0.05, 0.1) is 6.07 Å². The Morgan fingerprint density at radius 1 is 1.38 bits per heavy atom. The van der Waals surface area contributed by atoms with Gasteiger partial charge in [0.2, 0.25) is 5.91 Å². The van der Waals surface area contributed by atoms with E-state index in [0.29, 0.717) is 0 Å². The van der Waals surface area contributed by atoms with Gasteiger partial charge >= 0.3 is 0 Å². The second-order valence-corrected chi connectivity index (χ2v) is 4.56. The summed E-state index contributed by atoms with van der Waals surface area (Å²) < 4.78 is 0. The Morgan fingerprint density at radius 3 is 2.31 bits per heavy atom. The van der Waals surface area contributed by atoms with Crippen molar-refractivity contribution in [2.45, 2.75) is 44.6 Å². The van der Waals surface area contributed by atoms with Crippen molar-refractivity contribution in [3.05, 3.63) is 0 Å². The highest BCUT2D eigenvalue weighted by Crippen LogP contribution is 2.46. The van der Waals surface area contributed by atoms with Crippen LogP contribution in [0.3, 0.4) is 0 Å². The first-order valence-electron chi connectivity index (χ1n) is 4.84. The van der Waals surface area contributed by atoms with Gasteiger partial charge in [-0.1, -0.05) is 0 Å². The van der Waals surface area contributed by atoms with Crippen LogP contribution in [0, 0.1) is 16.7 Å². The first-order chi connectivity index (χ1) is 6.10. The van der Waals surface area contributed by atoms with E-state index in [1.54, 1.807) is 0 Å². The number of carbonyl (C=O) groups excluding carboxylic acids is 1. The van der Waals surface area contributed by atoms with Gasteiger partial charge in [-0.15, -0.1) is 0 Å². The summed E-state index contributed by atoms with van der Waals surface area (Å²) in [7, 11) is 0. The molecule has 70 valence electrons. The molecule has 0 saturated heterocycles. The molecule has 0 spiro atoms. The van der Waals surface area contributed by atoms with Crippen LogP contribution in [0.15, 0.2) is 0 Å². The van der Waals surface area contributed by atoms with Crippen molar-refractivity contribution in [3.8, 4) is 6.07 Å². The molecule has 3 nitrogen and oxygen atoms in total. The summed E-state index contributed by atoms with van der Waals surface area (Å²) in [5.74, 6) is -0.0443. The predicted molar refractivity (Wildman–Crippen MR) is 47.7 cm³/mol. The summed E-state index contributed by atoms with van der Waals surface area (Å²) >= 11 is 0. The summed E-state index contributed by atoms with van der Waals surface area (Å²) in [5.41, 5.74) is -0.665. The fraction of sp³-hybridized carbons (Fsp3) is 0.800. The molecule has 1 amide bonds. The van der Waals surface area contributed by atoms with Gasteiger partial charge < -0.3 is 5.32 Å². The average Bonchev–Trinajstić information content (AvgIpc) is 2.81. The van der Waals surface area contributed by atoms with E-state index in [0.717, 1.165) is 25.7 Å². The molecule has 2 rings (SSSR count). The molecule has 2 aliphatic carbocycles. The number of carbonyl (C=O) groups is 1. The van der Waals surface area contributed by atoms with Gasteiger partial charge in [-0.05, 0) is 39.0 Å². The zero-order valence-corrected chi connectivity index (χ0v) is 7.89. The average molecular weight is 178 g/mol. The second kappa shape index (κ2) is 2.47. The largest absolute Gasteiger partial charge is 0.350 e. The molecule has 1 N–H and O–H groups in total. The molecule has 13 heavy (non-hydrogen) atoms. The highest BCUT2D eigenvalue weighted by Gasteiger charge is 2.52. The van der Waals surface area contributed by atoms with Gasteiger partial charge in [0, 0.05) is 5.54 Å². The Hall–Kier alpha value is -1.04. The number of rotatable bonds is 2. The van der Waals surface area contributed by atoms with Crippen molar-refractivity contribution in [3.63, 3.8) is 0 Å². The van der Waals surface area contributed by atoms with Gasteiger partial charge in [-0.2, -0.15) is 5.26 Å². The van der Waals surface area contributed by atoms with Gasteiger partial charge in [0.15, 0.2) is 0 Å². The highest BCUT2D eigenvalue weighted by molar-refractivity contribution is 5.88. The minimum atomic E-state index is -0.654. The lowest BCUT2D eigenvalue weighted by atomic mass is 9.78. The van der Waals surface area contributed by atoms with Gasteiger partial charge in [-0.3, -0.25) is 4.79 Å². The summed E-state index contributed by atoms with van der Waals surface area (Å²) in [4.78, 5) is 11.6. The maximum Gasteiger partial charge on any atom is 0.240 e. The Balaban J connectivity index is 1.96. The minimum absolute atomic E-state index is 0.0104. The van der Waals surface area contributed by atoms with Gasteiger partial charge in [0.25, 0.3) is 0 Å². The van der Waals surface area contributed by atoms with Crippen LogP contribution in [0.4, 0.5) is 0 Å². The van der Waals surface area contributed by atoms with E-state index >= 15 is 0 Å². The molecule has 0 aliphatic heterocycles. The van der Waals surface area contributed by atoms with Crippen molar-refractivity contribution in [1.29, 1.82) is 5.26 Å². The molecular weight excluding hydrogens is 164 g/mol. The molecule has 0 atom stereocenters. The van der Waals surface area contributed by atoms with Crippen LogP contribution in [0.25, 0.3) is 0 Å². The molecule has 0 radical (unpaired) electrons. The van der Waals surface area contributed by atoms with E-state index in [2.05, 4.69) is 18.3 Å². The second-order valence-electron chi connectivity index (χ2n) is 4.56. The van der Waals surface area contributed by atoms with Crippen LogP contribution < -0.4 is 5.32 Å². The number of hydrogen-bond donors (Lipinski definition) is 1. The molecule has 0 unspecified atom stereocenters. The van der Waals surface area contributed by atoms with E-state index in [1.807, 2.05) is 0 Å². The smallest absolute Gasteiger partial charge is 0.240 e. The lowest BCUT2D eigenvalue weighted by Gasteiger charge is -2.39. The Morgan fingerprint density at radius 2 is 2.00 bits per heavy atom. The van der Waals surface area contributed by atoms with E-state index in [4.69, 9.17) is 5.26 Å². The third-order valence-electron chi connectivity index (χ3n) is 3.27. The van der Waals surface area contributed by atoms with E-state index in [1.165, 1.54) is 6.42 Å². The predicted octanol–water partition coefficient (Wildman–Crippen LogP) is 1.35. The van der Waals surface area contributed by atoms with Crippen molar-refractivity contribution < 1.29 is 4.79 Å². The standard InChI is InChI=1S/C10H14N2O/c1-9(3-2-4-9)12-8(13)10(7-11)5-6-10/h2-6H2,1H3,(H,12,13). The van der Waals surface area contributed by atoms with Crippen LogP contribution in [-0.2, 0) is 4.79 Å². The van der Waals surface area contributed by atoms with Crippen LogP contribution in [0.5, 0.6) is 0 Å². The molecule has 2 saturated carbocycles. The number of nitriles is 1. The van der Waals surface area contributed by atoms with Crippen molar-refractivity contribution in [2.75, 3.05) is 0 Å². The monoisotopic (exact) mass is 178 g/mol. The van der Waals surface area contributed by atoms with Crippen LogP contribution in [-0.4, -0.2) is 11.4 Å². The molecule has 2 aliphatic rings. The molecule has 0 aromatic carbocycles. The Bertz CT molecular complexity index is 282. The third kappa shape index (κ3) is 1.31. The Kier molecular flexibility index (Phi) is 1.63. The molecular formula is C10H14N2O. The van der Waals surface area contributed by atoms with Crippen LogP contribution in [0.2, 0.25) is 0 Å². The van der Waals surface area contributed by atoms with E-state index in [-0.39, 0.29) is 11.4 Å². The van der Waals surface area contributed by atoms with E-state index in [9.17, 15) is 4.79 Å². The number of nitrogens with one attached hydrogen (secondary N) is 1. The third-order valence-corrected chi connectivity index (χ3v) is 3.27. The van der Waals surface area contributed by atoms with Crippen LogP contribution in [0.1, 0.15) is 39.0 Å². The van der Waals surface area contributed by atoms with Gasteiger partial charge in [-0.25, -0.2) is 0 Å². The SMILES string of the molecule is CC1(NC(=O)C2(C#N)CC2)CCC1. The quantitative estimate of drug-likeness (QED) is 0.694. The number of nitrogens with zero attached hydrogens (tertiary/aromatic N) is 1. The summed E-state index contributed by atoms with van der Waals surface area (Å²) in [6.45, 7) is 2.06. The molecule has 0 aromatic rings.